The maximum Gasteiger partial charge on any atom is 0.119 e. The molecule has 1 N–H and O–H groups in total. The summed E-state index contributed by atoms with van der Waals surface area (Å²) in [5, 5.41) is 17.6. The van der Waals surface area contributed by atoms with Crippen molar-refractivity contribution in [2.45, 2.75) is 32.3 Å². The maximum atomic E-state index is 9.33. The fourth-order valence-electron chi connectivity index (χ4n) is 2.24. The first-order chi connectivity index (χ1) is 9.33. The third-order valence-electron chi connectivity index (χ3n) is 3.28. The van der Waals surface area contributed by atoms with E-state index in [-0.39, 0.29) is 6.61 Å². The Morgan fingerprint density at radius 2 is 2.05 bits per heavy atom. The molecule has 100 valence electrons. The van der Waals surface area contributed by atoms with E-state index in [0.29, 0.717) is 18.2 Å². The lowest BCUT2D eigenvalue weighted by Gasteiger charge is -2.08. The van der Waals surface area contributed by atoms with Crippen LogP contribution in [0.3, 0.4) is 0 Å². The lowest BCUT2D eigenvalue weighted by Crippen LogP contribution is -2.03. The normalized spacial score (nSPS) is 14.6. The summed E-state index contributed by atoms with van der Waals surface area (Å²) in [6.07, 6.45) is 2.30. The van der Waals surface area contributed by atoms with Gasteiger partial charge in [-0.05, 0) is 44.0 Å². The molecule has 2 aromatic rings. The molecule has 1 aromatic carbocycles. The number of hydrogen-bond donors (Lipinski definition) is 1. The van der Waals surface area contributed by atoms with Crippen molar-refractivity contribution in [1.29, 1.82) is 0 Å². The first-order valence-corrected chi connectivity index (χ1v) is 6.62. The Morgan fingerprint density at radius 1 is 1.32 bits per heavy atom. The molecule has 1 aliphatic carbocycles. The van der Waals surface area contributed by atoms with E-state index in [0.717, 1.165) is 30.0 Å². The van der Waals surface area contributed by atoms with Gasteiger partial charge in [0.2, 0.25) is 0 Å². The minimum atomic E-state index is -0.0527. The molecule has 0 saturated heterocycles. The summed E-state index contributed by atoms with van der Waals surface area (Å²) in [6.45, 7) is 2.57. The van der Waals surface area contributed by atoms with Gasteiger partial charge in [-0.1, -0.05) is 5.21 Å². The monoisotopic (exact) mass is 259 g/mol. The molecule has 0 spiro atoms. The van der Waals surface area contributed by atoms with Gasteiger partial charge in [0.05, 0.1) is 24.6 Å². The summed E-state index contributed by atoms with van der Waals surface area (Å²) >= 11 is 0. The number of hydrogen-bond acceptors (Lipinski definition) is 4. The summed E-state index contributed by atoms with van der Waals surface area (Å²) < 4.78 is 7.26. The Hall–Kier alpha value is -1.88. The molecule has 1 aliphatic rings. The molecule has 0 aliphatic heterocycles. The molecule has 1 aromatic heterocycles. The second-order valence-corrected chi connectivity index (χ2v) is 4.69. The highest BCUT2D eigenvalue weighted by Crippen LogP contribution is 2.41. The predicted molar refractivity (Wildman–Crippen MR) is 70.4 cm³/mol. The number of nitrogens with zero attached hydrogens (tertiary/aromatic N) is 3. The zero-order valence-electron chi connectivity index (χ0n) is 10.9. The standard InChI is InChI=1S/C14H17N3O2/c1-2-19-12-7-5-11(6-8-12)17-14(10-3-4-10)13(9-18)15-16-17/h5-8,10,18H,2-4,9H2,1H3. The van der Waals surface area contributed by atoms with Gasteiger partial charge in [-0.3, -0.25) is 0 Å². The zero-order chi connectivity index (χ0) is 13.2. The Balaban J connectivity index is 1.95. The van der Waals surface area contributed by atoms with Crippen LogP contribution in [-0.2, 0) is 6.61 Å². The molecular formula is C14H17N3O2. The van der Waals surface area contributed by atoms with Gasteiger partial charge in [0.1, 0.15) is 11.4 Å². The molecule has 0 unspecified atom stereocenters. The van der Waals surface area contributed by atoms with Crippen LogP contribution in [0.15, 0.2) is 24.3 Å². The van der Waals surface area contributed by atoms with Gasteiger partial charge < -0.3 is 9.84 Å². The first kappa shape index (κ1) is 12.2. The molecule has 5 heteroatoms. The Morgan fingerprint density at radius 3 is 2.63 bits per heavy atom. The van der Waals surface area contributed by atoms with Crippen molar-refractivity contribution in [3.05, 3.63) is 35.7 Å². The van der Waals surface area contributed by atoms with Crippen LogP contribution in [0.2, 0.25) is 0 Å². The minimum absolute atomic E-state index is 0.0527. The summed E-state index contributed by atoms with van der Waals surface area (Å²) in [6, 6.07) is 7.78. The van der Waals surface area contributed by atoms with Crippen LogP contribution >= 0.6 is 0 Å². The maximum absolute atomic E-state index is 9.33. The summed E-state index contributed by atoms with van der Waals surface area (Å²) in [5.74, 6) is 1.34. The third-order valence-corrected chi connectivity index (χ3v) is 3.28. The number of ether oxygens (including phenoxy) is 1. The molecule has 1 heterocycles. The van der Waals surface area contributed by atoms with Crippen molar-refractivity contribution in [2.24, 2.45) is 0 Å². The molecule has 0 atom stereocenters. The van der Waals surface area contributed by atoms with Crippen LogP contribution in [0.4, 0.5) is 0 Å². The summed E-state index contributed by atoms with van der Waals surface area (Å²) in [5.41, 5.74) is 2.69. The number of aliphatic hydroxyl groups is 1. The second kappa shape index (κ2) is 5.01. The van der Waals surface area contributed by atoms with Crippen molar-refractivity contribution in [1.82, 2.24) is 15.0 Å². The second-order valence-electron chi connectivity index (χ2n) is 4.69. The number of benzene rings is 1. The van der Waals surface area contributed by atoms with E-state index >= 15 is 0 Å². The molecular weight excluding hydrogens is 242 g/mol. The summed E-state index contributed by atoms with van der Waals surface area (Å²) in [4.78, 5) is 0. The van der Waals surface area contributed by atoms with Gasteiger partial charge in [-0.25, -0.2) is 4.68 Å². The average Bonchev–Trinajstić information content (AvgIpc) is 3.19. The van der Waals surface area contributed by atoms with Crippen LogP contribution in [0.5, 0.6) is 5.75 Å². The largest absolute Gasteiger partial charge is 0.494 e. The Kier molecular flexibility index (Phi) is 3.21. The highest BCUT2D eigenvalue weighted by Gasteiger charge is 2.31. The number of aliphatic hydroxyl groups excluding tert-OH is 1. The van der Waals surface area contributed by atoms with Crippen LogP contribution in [0, 0.1) is 0 Å². The van der Waals surface area contributed by atoms with E-state index in [1.165, 1.54) is 0 Å². The molecule has 0 radical (unpaired) electrons. The van der Waals surface area contributed by atoms with E-state index in [2.05, 4.69) is 10.3 Å². The van der Waals surface area contributed by atoms with Crippen molar-refractivity contribution in [2.75, 3.05) is 6.61 Å². The van der Waals surface area contributed by atoms with Gasteiger partial charge in [0.15, 0.2) is 0 Å². The van der Waals surface area contributed by atoms with Crippen LogP contribution in [-0.4, -0.2) is 26.7 Å². The lowest BCUT2D eigenvalue weighted by atomic mass is 10.2. The van der Waals surface area contributed by atoms with Crippen molar-refractivity contribution in [3.8, 4) is 11.4 Å². The van der Waals surface area contributed by atoms with Crippen molar-refractivity contribution >= 4 is 0 Å². The van der Waals surface area contributed by atoms with Crippen molar-refractivity contribution in [3.63, 3.8) is 0 Å². The molecule has 0 bridgehead atoms. The van der Waals surface area contributed by atoms with E-state index in [1.807, 2.05) is 35.9 Å². The first-order valence-electron chi connectivity index (χ1n) is 6.62. The van der Waals surface area contributed by atoms with E-state index in [1.54, 1.807) is 0 Å². The lowest BCUT2D eigenvalue weighted by molar-refractivity contribution is 0.275. The van der Waals surface area contributed by atoms with Crippen LogP contribution in [0.25, 0.3) is 5.69 Å². The van der Waals surface area contributed by atoms with E-state index < -0.39 is 0 Å². The fraction of sp³-hybridized carbons (Fsp3) is 0.429. The molecule has 19 heavy (non-hydrogen) atoms. The van der Waals surface area contributed by atoms with Crippen LogP contribution < -0.4 is 4.74 Å². The van der Waals surface area contributed by atoms with Gasteiger partial charge >= 0.3 is 0 Å². The molecule has 3 rings (SSSR count). The highest BCUT2D eigenvalue weighted by molar-refractivity contribution is 5.39. The average molecular weight is 259 g/mol. The molecule has 5 nitrogen and oxygen atoms in total. The van der Waals surface area contributed by atoms with Gasteiger partial charge in [0.25, 0.3) is 0 Å². The van der Waals surface area contributed by atoms with Gasteiger partial charge in [-0.2, -0.15) is 0 Å². The van der Waals surface area contributed by atoms with Gasteiger partial charge in [-0.15, -0.1) is 5.10 Å². The molecule has 1 saturated carbocycles. The quantitative estimate of drug-likeness (QED) is 0.892. The van der Waals surface area contributed by atoms with Crippen LogP contribution in [0.1, 0.15) is 37.1 Å². The SMILES string of the molecule is CCOc1ccc(-n2nnc(CO)c2C2CC2)cc1. The third kappa shape index (κ3) is 2.33. The number of aromatic nitrogens is 3. The van der Waals surface area contributed by atoms with Crippen molar-refractivity contribution < 1.29 is 9.84 Å². The smallest absolute Gasteiger partial charge is 0.119 e. The number of rotatable bonds is 5. The van der Waals surface area contributed by atoms with E-state index in [9.17, 15) is 5.11 Å². The topological polar surface area (TPSA) is 60.2 Å². The predicted octanol–water partition coefficient (Wildman–Crippen LogP) is 2.04. The fourth-order valence-corrected chi connectivity index (χ4v) is 2.24. The zero-order valence-corrected chi connectivity index (χ0v) is 10.9. The minimum Gasteiger partial charge on any atom is -0.494 e. The van der Waals surface area contributed by atoms with E-state index in [4.69, 9.17) is 4.74 Å². The highest BCUT2D eigenvalue weighted by atomic mass is 16.5. The Bertz CT molecular complexity index is 559. The summed E-state index contributed by atoms with van der Waals surface area (Å²) in [7, 11) is 0. The molecule has 0 amide bonds. The van der Waals surface area contributed by atoms with Gasteiger partial charge in [0, 0.05) is 5.92 Å². The Labute approximate surface area is 111 Å². The molecule has 1 fully saturated rings.